The minimum Gasteiger partial charge on any atom is -0.308 e. The third-order valence-corrected chi connectivity index (χ3v) is 6.17. The van der Waals surface area contributed by atoms with Crippen LogP contribution in [0.15, 0.2) is 86.2 Å². The van der Waals surface area contributed by atoms with Crippen molar-refractivity contribution < 1.29 is 9.59 Å². The van der Waals surface area contributed by atoms with Crippen LogP contribution >= 0.6 is 0 Å². The third-order valence-electron chi connectivity index (χ3n) is 6.17. The number of hydrogen-bond acceptors (Lipinski definition) is 4. The zero-order valence-electron chi connectivity index (χ0n) is 18.1. The molecule has 0 saturated heterocycles. The number of amides is 2. The van der Waals surface area contributed by atoms with E-state index in [1.807, 2.05) is 34.9 Å². The van der Waals surface area contributed by atoms with Gasteiger partial charge >= 0.3 is 0 Å². The summed E-state index contributed by atoms with van der Waals surface area (Å²) in [5, 5.41) is 2.04. The van der Waals surface area contributed by atoms with E-state index in [4.69, 9.17) is 0 Å². The number of aromatic nitrogens is 3. The van der Waals surface area contributed by atoms with E-state index in [0.717, 1.165) is 37.8 Å². The zero-order chi connectivity index (χ0) is 23.4. The Bertz CT molecular complexity index is 1620. The summed E-state index contributed by atoms with van der Waals surface area (Å²) in [6, 6.07) is 19.1. The van der Waals surface area contributed by atoms with Gasteiger partial charge in [0.05, 0.1) is 27.8 Å². The molecule has 0 saturated carbocycles. The normalized spacial score (nSPS) is 13.0. The lowest BCUT2D eigenvalue weighted by Crippen LogP contribution is -2.31. The van der Waals surface area contributed by atoms with Crippen LogP contribution in [0.2, 0.25) is 0 Å². The number of nitrogens with zero attached hydrogens (tertiary/aromatic N) is 4. The van der Waals surface area contributed by atoms with E-state index >= 15 is 0 Å². The lowest BCUT2D eigenvalue weighted by atomic mass is 10.1. The fraction of sp³-hybridized carbons (Fsp3) is 0. The Kier molecular flexibility index (Phi) is 4.28. The molecule has 3 heterocycles. The summed E-state index contributed by atoms with van der Waals surface area (Å²) in [5.74, 6) is -0.813. The Morgan fingerprint density at radius 1 is 0.735 bits per heavy atom. The third kappa shape index (κ3) is 2.69. The first kappa shape index (κ1) is 19.8. The van der Waals surface area contributed by atoms with E-state index in [9.17, 15) is 9.59 Å². The molecule has 0 fully saturated rings. The van der Waals surface area contributed by atoms with Crippen LogP contribution in [0, 0.1) is 0 Å². The second-order valence-electron chi connectivity index (χ2n) is 7.99. The van der Waals surface area contributed by atoms with E-state index in [2.05, 4.69) is 35.3 Å². The maximum atomic E-state index is 13.6. The number of carbonyl (C=O) groups is 2. The summed E-state index contributed by atoms with van der Waals surface area (Å²) in [6.07, 6.45) is 6.63. The average Bonchev–Trinajstić information content (AvgIpc) is 3.34. The van der Waals surface area contributed by atoms with Crippen LogP contribution in [-0.2, 0) is 0 Å². The fourth-order valence-electron chi connectivity index (χ4n) is 4.61. The van der Waals surface area contributed by atoms with Crippen molar-refractivity contribution in [2.75, 3.05) is 4.90 Å². The molecule has 0 N–H and O–H groups in total. The maximum Gasteiger partial charge on any atom is 0.270 e. The van der Waals surface area contributed by atoms with Crippen molar-refractivity contribution in [3.63, 3.8) is 0 Å². The first-order valence-corrected chi connectivity index (χ1v) is 10.7. The van der Waals surface area contributed by atoms with Gasteiger partial charge in [-0.3, -0.25) is 9.59 Å². The molecule has 3 aromatic carbocycles. The second kappa shape index (κ2) is 7.35. The van der Waals surface area contributed by atoms with Gasteiger partial charge in [-0.25, -0.2) is 14.9 Å². The highest BCUT2D eigenvalue weighted by molar-refractivity contribution is 6.35. The Hall–Kier alpha value is -4.84. The van der Waals surface area contributed by atoms with Crippen LogP contribution in [0.5, 0.6) is 0 Å². The summed E-state index contributed by atoms with van der Waals surface area (Å²) in [7, 11) is 0. The van der Waals surface area contributed by atoms with Crippen LogP contribution < -0.4 is 4.90 Å². The topological polar surface area (TPSA) is 68.1 Å². The van der Waals surface area contributed by atoms with E-state index in [1.54, 1.807) is 30.4 Å². The Balaban J connectivity index is 1.67. The van der Waals surface area contributed by atoms with Gasteiger partial charge in [-0.05, 0) is 53.6 Å². The van der Waals surface area contributed by atoms with Crippen molar-refractivity contribution in [2.45, 2.75) is 0 Å². The lowest BCUT2D eigenvalue weighted by Gasteiger charge is -2.13. The maximum absolute atomic E-state index is 13.6. The number of imide groups is 1. The van der Waals surface area contributed by atoms with E-state index in [1.165, 1.54) is 12.4 Å². The average molecular weight is 442 g/mol. The van der Waals surface area contributed by atoms with Gasteiger partial charge in [0.1, 0.15) is 0 Å². The molecule has 5 aromatic rings. The van der Waals surface area contributed by atoms with E-state index in [0.29, 0.717) is 16.8 Å². The molecule has 34 heavy (non-hydrogen) atoms. The van der Waals surface area contributed by atoms with Crippen molar-refractivity contribution >= 4 is 51.7 Å². The van der Waals surface area contributed by atoms with Crippen LogP contribution in [0.4, 0.5) is 5.95 Å². The van der Waals surface area contributed by atoms with Crippen molar-refractivity contribution in [2.24, 2.45) is 0 Å². The summed E-state index contributed by atoms with van der Waals surface area (Å²) < 4.78 is 2.03. The largest absolute Gasteiger partial charge is 0.308 e. The van der Waals surface area contributed by atoms with Gasteiger partial charge in [0.15, 0.2) is 0 Å². The molecular weight excluding hydrogens is 424 g/mol. The highest BCUT2D eigenvalue weighted by atomic mass is 16.2. The molecule has 0 spiro atoms. The lowest BCUT2D eigenvalue weighted by molar-refractivity contribution is 0.0924. The van der Waals surface area contributed by atoms with E-state index in [-0.39, 0.29) is 5.95 Å². The number of rotatable bonds is 4. The van der Waals surface area contributed by atoms with Gasteiger partial charge in [-0.2, -0.15) is 0 Å². The summed E-state index contributed by atoms with van der Waals surface area (Å²) >= 11 is 0. The van der Waals surface area contributed by atoms with Crippen LogP contribution in [0.25, 0.3) is 39.6 Å². The molecule has 0 aliphatic carbocycles. The van der Waals surface area contributed by atoms with Crippen LogP contribution in [0.1, 0.15) is 31.8 Å². The molecule has 162 valence electrons. The predicted octanol–water partition coefficient (Wildman–Crippen LogP) is 5.66. The van der Waals surface area contributed by atoms with E-state index < -0.39 is 11.8 Å². The molecule has 1 aliphatic heterocycles. The molecule has 6 rings (SSSR count). The van der Waals surface area contributed by atoms with Crippen LogP contribution in [0.3, 0.4) is 0 Å². The van der Waals surface area contributed by atoms with Gasteiger partial charge < -0.3 is 4.57 Å². The zero-order valence-corrected chi connectivity index (χ0v) is 18.1. The Morgan fingerprint density at radius 3 is 1.94 bits per heavy atom. The van der Waals surface area contributed by atoms with Crippen molar-refractivity contribution in [1.29, 1.82) is 0 Å². The van der Waals surface area contributed by atoms with Gasteiger partial charge in [0.25, 0.3) is 11.8 Å². The van der Waals surface area contributed by atoms with Gasteiger partial charge in [-0.1, -0.05) is 43.5 Å². The minimum atomic E-state index is -0.442. The van der Waals surface area contributed by atoms with Crippen molar-refractivity contribution in [3.8, 4) is 5.69 Å². The molecule has 0 atom stereocenters. The van der Waals surface area contributed by atoms with Gasteiger partial charge in [0, 0.05) is 23.2 Å². The molecule has 2 amide bonds. The number of hydrogen-bond donors (Lipinski definition) is 0. The fourth-order valence-corrected chi connectivity index (χ4v) is 4.61. The molecule has 6 heteroatoms. The standard InChI is InChI=1S/C28H18N4O2/c1-3-17-9-11-22-20(15-17)21-16-18(4-2)10-12-23(21)31(22)24-8-5-7-19-25(24)27(34)32(26(19)33)28-29-13-6-14-30-28/h3-16H,1-2H2. The molecule has 0 unspecified atom stereocenters. The number of anilines is 1. The number of benzene rings is 3. The summed E-state index contributed by atoms with van der Waals surface area (Å²) in [5.41, 5.74) is 5.12. The molecule has 0 bridgehead atoms. The number of fused-ring (bicyclic) bond motifs is 4. The highest BCUT2D eigenvalue weighted by Crippen LogP contribution is 2.37. The SMILES string of the molecule is C=Cc1ccc2c(c1)c1cc(C=C)ccc1n2-c1cccc2c1C(=O)N(c1ncccn1)C2=O. The van der Waals surface area contributed by atoms with Gasteiger partial charge in [0.2, 0.25) is 5.95 Å². The quantitative estimate of drug-likeness (QED) is 0.337. The second-order valence-corrected chi connectivity index (χ2v) is 7.99. The molecule has 1 aliphatic rings. The molecule has 6 nitrogen and oxygen atoms in total. The first-order valence-electron chi connectivity index (χ1n) is 10.7. The Labute approximate surface area is 195 Å². The molecular formula is C28H18N4O2. The monoisotopic (exact) mass is 442 g/mol. The highest BCUT2D eigenvalue weighted by Gasteiger charge is 2.40. The minimum absolute atomic E-state index is 0.0631. The summed E-state index contributed by atoms with van der Waals surface area (Å²) in [6.45, 7) is 7.79. The molecule has 0 radical (unpaired) electrons. The smallest absolute Gasteiger partial charge is 0.270 e. The number of carbonyl (C=O) groups excluding carboxylic acids is 2. The summed E-state index contributed by atoms with van der Waals surface area (Å²) in [4.78, 5) is 36.1. The van der Waals surface area contributed by atoms with Crippen molar-refractivity contribution in [3.05, 3.63) is 108 Å². The Morgan fingerprint density at radius 2 is 1.35 bits per heavy atom. The molecule has 2 aromatic heterocycles. The van der Waals surface area contributed by atoms with Crippen LogP contribution in [-0.4, -0.2) is 26.3 Å². The predicted molar refractivity (Wildman–Crippen MR) is 134 cm³/mol. The first-order chi connectivity index (χ1) is 16.6. The van der Waals surface area contributed by atoms with Gasteiger partial charge in [-0.15, -0.1) is 0 Å². The van der Waals surface area contributed by atoms with Crippen molar-refractivity contribution in [1.82, 2.24) is 14.5 Å².